The molecule has 96 valence electrons. The number of aryl methyl sites for hydroxylation is 2. The molecule has 0 saturated heterocycles. The van der Waals surface area contributed by atoms with E-state index < -0.39 is 0 Å². The van der Waals surface area contributed by atoms with Gasteiger partial charge in [0.15, 0.2) is 0 Å². The highest BCUT2D eigenvalue weighted by molar-refractivity contribution is 5.49. The maximum Gasteiger partial charge on any atom is 0.237 e. The lowest BCUT2D eigenvalue weighted by atomic mass is 10.1. The number of aromatic nitrogens is 1. The van der Waals surface area contributed by atoms with Crippen LogP contribution in [0.25, 0.3) is 0 Å². The normalized spacial score (nSPS) is 9.79. The number of pyridine rings is 1. The van der Waals surface area contributed by atoms with Crippen LogP contribution in [0.2, 0.25) is 0 Å². The lowest BCUT2D eigenvalue weighted by molar-refractivity contribution is 0.459. The SMILES string of the molecule is CNc1ccc(Oc2nc(C)cc(C)c2C#N)cc1. The van der Waals surface area contributed by atoms with Crippen LogP contribution in [0.3, 0.4) is 0 Å². The molecule has 2 aromatic rings. The van der Waals surface area contributed by atoms with Gasteiger partial charge in [0.2, 0.25) is 5.88 Å². The summed E-state index contributed by atoms with van der Waals surface area (Å²) in [6, 6.07) is 11.5. The van der Waals surface area contributed by atoms with E-state index in [0.29, 0.717) is 17.2 Å². The highest BCUT2D eigenvalue weighted by atomic mass is 16.5. The van der Waals surface area contributed by atoms with Crippen LogP contribution in [0.15, 0.2) is 30.3 Å². The van der Waals surface area contributed by atoms with Gasteiger partial charge in [-0.25, -0.2) is 4.98 Å². The third-order valence-electron chi connectivity index (χ3n) is 2.78. The van der Waals surface area contributed by atoms with Crippen molar-refractivity contribution >= 4 is 5.69 Å². The van der Waals surface area contributed by atoms with Crippen LogP contribution in [0.5, 0.6) is 11.6 Å². The van der Waals surface area contributed by atoms with Gasteiger partial charge in [-0.1, -0.05) is 0 Å². The molecule has 4 nitrogen and oxygen atoms in total. The Bertz CT molecular complexity index is 627. The van der Waals surface area contributed by atoms with E-state index >= 15 is 0 Å². The summed E-state index contributed by atoms with van der Waals surface area (Å²) in [5.41, 5.74) is 3.18. The molecule has 1 aromatic carbocycles. The van der Waals surface area contributed by atoms with Gasteiger partial charge in [0.1, 0.15) is 17.4 Å². The zero-order valence-corrected chi connectivity index (χ0v) is 11.2. The summed E-state index contributed by atoms with van der Waals surface area (Å²) in [4.78, 5) is 4.28. The number of hydrogen-bond acceptors (Lipinski definition) is 4. The predicted molar refractivity (Wildman–Crippen MR) is 74.5 cm³/mol. The first kappa shape index (κ1) is 12.9. The monoisotopic (exact) mass is 253 g/mol. The zero-order chi connectivity index (χ0) is 13.8. The number of hydrogen-bond donors (Lipinski definition) is 1. The minimum absolute atomic E-state index is 0.359. The van der Waals surface area contributed by atoms with E-state index in [1.54, 1.807) is 0 Å². The van der Waals surface area contributed by atoms with Crippen molar-refractivity contribution < 1.29 is 4.74 Å². The second-order valence-corrected chi connectivity index (χ2v) is 4.25. The van der Waals surface area contributed by atoms with Gasteiger partial charge in [0.05, 0.1) is 0 Å². The van der Waals surface area contributed by atoms with Crippen molar-refractivity contribution in [2.45, 2.75) is 13.8 Å². The van der Waals surface area contributed by atoms with Crippen molar-refractivity contribution in [1.29, 1.82) is 5.26 Å². The molecule has 1 N–H and O–H groups in total. The summed E-state index contributed by atoms with van der Waals surface area (Å²) in [7, 11) is 1.86. The first-order valence-corrected chi connectivity index (χ1v) is 5.98. The number of nitriles is 1. The van der Waals surface area contributed by atoms with Crippen LogP contribution in [-0.4, -0.2) is 12.0 Å². The van der Waals surface area contributed by atoms with E-state index in [-0.39, 0.29) is 0 Å². The predicted octanol–water partition coefficient (Wildman–Crippen LogP) is 3.40. The fraction of sp³-hybridized carbons (Fsp3) is 0.200. The van der Waals surface area contributed by atoms with Crippen molar-refractivity contribution in [1.82, 2.24) is 4.98 Å². The molecule has 4 heteroatoms. The molecule has 0 bridgehead atoms. The Morgan fingerprint density at radius 2 is 1.89 bits per heavy atom. The van der Waals surface area contributed by atoms with Crippen LogP contribution >= 0.6 is 0 Å². The van der Waals surface area contributed by atoms with Crippen molar-refractivity contribution in [3.05, 3.63) is 47.2 Å². The van der Waals surface area contributed by atoms with E-state index in [9.17, 15) is 5.26 Å². The summed E-state index contributed by atoms with van der Waals surface area (Å²) in [5.74, 6) is 1.02. The fourth-order valence-corrected chi connectivity index (χ4v) is 1.81. The van der Waals surface area contributed by atoms with Crippen LogP contribution < -0.4 is 10.1 Å². The molecule has 0 saturated carbocycles. The Morgan fingerprint density at radius 1 is 1.21 bits per heavy atom. The zero-order valence-electron chi connectivity index (χ0n) is 11.2. The highest BCUT2D eigenvalue weighted by Crippen LogP contribution is 2.26. The Hall–Kier alpha value is -2.54. The van der Waals surface area contributed by atoms with E-state index in [4.69, 9.17) is 4.74 Å². The Morgan fingerprint density at radius 3 is 2.47 bits per heavy atom. The van der Waals surface area contributed by atoms with Gasteiger partial charge in [-0.3, -0.25) is 0 Å². The first-order chi connectivity index (χ1) is 9.13. The third kappa shape index (κ3) is 2.83. The minimum Gasteiger partial charge on any atom is -0.438 e. The number of benzene rings is 1. The molecule has 0 fully saturated rings. The molecule has 2 rings (SSSR count). The molecular weight excluding hydrogens is 238 g/mol. The average Bonchev–Trinajstić information content (AvgIpc) is 2.39. The summed E-state index contributed by atoms with van der Waals surface area (Å²) in [5, 5.41) is 12.2. The van der Waals surface area contributed by atoms with Gasteiger partial charge in [-0.05, 0) is 49.7 Å². The van der Waals surface area contributed by atoms with Crippen LogP contribution in [0, 0.1) is 25.2 Å². The lowest BCUT2D eigenvalue weighted by Gasteiger charge is -2.09. The van der Waals surface area contributed by atoms with Crippen LogP contribution in [0.1, 0.15) is 16.8 Å². The van der Waals surface area contributed by atoms with Crippen molar-refractivity contribution in [2.24, 2.45) is 0 Å². The van der Waals surface area contributed by atoms with E-state index in [1.807, 2.05) is 51.2 Å². The summed E-state index contributed by atoms with van der Waals surface area (Å²) >= 11 is 0. The number of anilines is 1. The highest BCUT2D eigenvalue weighted by Gasteiger charge is 2.10. The van der Waals surface area contributed by atoms with Gasteiger partial charge >= 0.3 is 0 Å². The van der Waals surface area contributed by atoms with Gasteiger partial charge in [0.25, 0.3) is 0 Å². The molecule has 0 aliphatic heterocycles. The summed E-state index contributed by atoms with van der Waals surface area (Å²) in [6.45, 7) is 3.76. The average molecular weight is 253 g/mol. The Balaban J connectivity index is 2.34. The molecular formula is C15H15N3O. The smallest absolute Gasteiger partial charge is 0.237 e. The number of rotatable bonds is 3. The molecule has 1 heterocycles. The summed E-state index contributed by atoms with van der Waals surface area (Å²) < 4.78 is 5.70. The largest absolute Gasteiger partial charge is 0.438 e. The molecule has 0 radical (unpaired) electrons. The van der Waals surface area contributed by atoms with E-state index in [2.05, 4.69) is 16.4 Å². The Kier molecular flexibility index (Phi) is 3.67. The minimum atomic E-state index is 0.359. The van der Waals surface area contributed by atoms with Crippen molar-refractivity contribution in [3.63, 3.8) is 0 Å². The van der Waals surface area contributed by atoms with Gasteiger partial charge in [-0.15, -0.1) is 0 Å². The number of nitrogens with zero attached hydrogens (tertiary/aromatic N) is 2. The molecule has 0 atom stereocenters. The topological polar surface area (TPSA) is 57.9 Å². The molecule has 0 aliphatic rings. The standard InChI is InChI=1S/C15H15N3O/c1-10-8-11(2)18-15(14(10)9-16)19-13-6-4-12(17-3)5-7-13/h4-8,17H,1-3H3. The number of nitrogens with one attached hydrogen (secondary N) is 1. The third-order valence-corrected chi connectivity index (χ3v) is 2.78. The van der Waals surface area contributed by atoms with E-state index in [0.717, 1.165) is 16.9 Å². The van der Waals surface area contributed by atoms with Crippen LogP contribution in [0.4, 0.5) is 5.69 Å². The van der Waals surface area contributed by atoms with Crippen LogP contribution in [-0.2, 0) is 0 Å². The molecule has 0 aliphatic carbocycles. The quantitative estimate of drug-likeness (QED) is 0.910. The van der Waals surface area contributed by atoms with E-state index in [1.165, 1.54) is 0 Å². The first-order valence-electron chi connectivity index (χ1n) is 5.98. The maximum atomic E-state index is 9.17. The lowest BCUT2D eigenvalue weighted by Crippen LogP contribution is -1.97. The second kappa shape index (κ2) is 5.40. The number of ether oxygens (including phenoxy) is 1. The van der Waals surface area contributed by atoms with Gasteiger partial charge in [0, 0.05) is 18.4 Å². The fourth-order valence-electron chi connectivity index (χ4n) is 1.81. The molecule has 19 heavy (non-hydrogen) atoms. The summed E-state index contributed by atoms with van der Waals surface area (Å²) in [6.07, 6.45) is 0. The molecule has 0 amide bonds. The molecule has 0 spiro atoms. The maximum absolute atomic E-state index is 9.17. The molecule has 1 aromatic heterocycles. The van der Waals surface area contributed by atoms with Gasteiger partial charge in [-0.2, -0.15) is 5.26 Å². The van der Waals surface area contributed by atoms with Crippen molar-refractivity contribution in [2.75, 3.05) is 12.4 Å². The van der Waals surface area contributed by atoms with Crippen molar-refractivity contribution in [3.8, 4) is 17.7 Å². The van der Waals surface area contributed by atoms with Gasteiger partial charge < -0.3 is 10.1 Å². The Labute approximate surface area is 112 Å². The second-order valence-electron chi connectivity index (χ2n) is 4.25. The molecule has 0 unspecified atom stereocenters.